The Morgan fingerprint density at radius 3 is 2.68 bits per heavy atom. The second-order valence-corrected chi connectivity index (χ2v) is 6.93. The number of rotatable bonds is 1. The SMILES string of the molecule is CC(C)(C)c1ccc(N2CCN3CCCC3C2)nc1. The highest BCUT2D eigenvalue weighted by Gasteiger charge is 2.30. The summed E-state index contributed by atoms with van der Waals surface area (Å²) in [5.41, 5.74) is 1.51. The molecule has 1 aromatic heterocycles. The highest BCUT2D eigenvalue weighted by molar-refractivity contribution is 5.41. The number of aromatic nitrogens is 1. The summed E-state index contributed by atoms with van der Waals surface area (Å²) < 4.78 is 0. The van der Waals surface area contributed by atoms with Crippen molar-refractivity contribution in [2.45, 2.75) is 45.1 Å². The normalized spacial score (nSPS) is 24.6. The first-order chi connectivity index (χ1) is 9.04. The molecule has 2 saturated heterocycles. The highest BCUT2D eigenvalue weighted by Crippen LogP contribution is 2.26. The molecule has 2 aliphatic rings. The van der Waals surface area contributed by atoms with Crippen molar-refractivity contribution in [3.63, 3.8) is 0 Å². The van der Waals surface area contributed by atoms with E-state index in [1.54, 1.807) is 0 Å². The number of hydrogen-bond acceptors (Lipinski definition) is 3. The number of anilines is 1. The molecule has 19 heavy (non-hydrogen) atoms. The van der Waals surface area contributed by atoms with Crippen molar-refractivity contribution < 1.29 is 0 Å². The molecule has 0 bridgehead atoms. The molecule has 0 saturated carbocycles. The minimum absolute atomic E-state index is 0.190. The van der Waals surface area contributed by atoms with Gasteiger partial charge in [0, 0.05) is 31.9 Å². The Kier molecular flexibility index (Phi) is 3.25. The zero-order valence-electron chi connectivity index (χ0n) is 12.4. The van der Waals surface area contributed by atoms with Crippen molar-refractivity contribution in [1.29, 1.82) is 0 Å². The van der Waals surface area contributed by atoms with E-state index in [-0.39, 0.29) is 5.41 Å². The summed E-state index contributed by atoms with van der Waals surface area (Å²) >= 11 is 0. The maximum atomic E-state index is 4.69. The van der Waals surface area contributed by atoms with Gasteiger partial charge in [-0.1, -0.05) is 26.8 Å². The Morgan fingerprint density at radius 2 is 2.00 bits per heavy atom. The van der Waals surface area contributed by atoms with Crippen LogP contribution in [0.5, 0.6) is 0 Å². The van der Waals surface area contributed by atoms with Gasteiger partial charge < -0.3 is 4.90 Å². The lowest BCUT2D eigenvalue weighted by Gasteiger charge is -2.38. The van der Waals surface area contributed by atoms with E-state index in [1.165, 1.54) is 31.5 Å². The van der Waals surface area contributed by atoms with Gasteiger partial charge in [0.2, 0.25) is 0 Å². The van der Waals surface area contributed by atoms with Gasteiger partial charge in [-0.3, -0.25) is 4.90 Å². The molecule has 0 amide bonds. The van der Waals surface area contributed by atoms with Crippen molar-refractivity contribution in [3.8, 4) is 0 Å². The molecule has 1 atom stereocenters. The average Bonchev–Trinajstić information content (AvgIpc) is 2.85. The average molecular weight is 259 g/mol. The molecule has 0 spiro atoms. The number of fused-ring (bicyclic) bond motifs is 1. The summed E-state index contributed by atoms with van der Waals surface area (Å²) in [7, 11) is 0. The summed E-state index contributed by atoms with van der Waals surface area (Å²) in [6.45, 7) is 11.5. The Bertz CT molecular complexity index is 432. The lowest BCUT2D eigenvalue weighted by molar-refractivity contribution is 0.230. The molecule has 0 radical (unpaired) electrons. The molecule has 3 rings (SSSR count). The summed E-state index contributed by atoms with van der Waals surface area (Å²) in [5.74, 6) is 1.15. The first kappa shape index (κ1) is 12.9. The molecular formula is C16H25N3. The molecule has 104 valence electrons. The highest BCUT2D eigenvalue weighted by atomic mass is 15.3. The van der Waals surface area contributed by atoms with Crippen molar-refractivity contribution >= 4 is 5.82 Å². The third-order valence-electron chi connectivity index (χ3n) is 4.53. The van der Waals surface area contributed by atoms with Crippen LogP contribution in [0.3, 0.4) is 0 Å². The third kappa shape index (κ3) is 2.62. The van der Waals surface area contributed by atoms with Crippen molar-refractivity contribution in [2.24, 2.45) is 0 Å². The van der Waals surface area contributed by atoms with E-state index in [4.69, 9.17) is 4.98 Å². The van der Waals surface area contributed by atoms with Crippen LogP contribution in [0.1, 0.15) is 39.2 Å². The van der Waals surface area contributed by atoms with E-state index in [0.717, 1.165) is 24.9 Å². The van der Waals surface area contributed by atoms with Gasteiger partial charge in [0.1, 0.15) is 5.82 Å². The zero-order chi connectivity index (χ0) is 13.5. The predicted molar refractivity (Wildman–Crippen MR) is 79.7 cm³/mol. The summed E-state index contributed by atoms with van der Waals surface area (Å²) in [6, 6.07) is 5.20. The Balaban J connectivity index is 1.72. The van der Waals surface area contributed by atoms with Crippen LogP contribution in [0.4, 0.5) is 5.82 Å². The number of nitrogens with zero attached hydrogens (tertiary/aromatic N) is 3. The Labute approximate surface area is 116 Å². The van der Waals surface area contributed by atoms with Crippen molar-refractivity contribution in [3.05, 3.63) is 23.9 Å². The second kappa shape index (κ2) is 4.78. The molecule has 0 N–H and O–H groups in total. The molecule has 0 aromatic carbocycles. The number of piperazine rings is 1. The van der Waals surface area contributed by atoms with Gasteiger partial charge >= 0.3 is 0 Å². The van der Waals surface area contributed by atoms with Gasteiger partial charge in [0.05, 0.1) is 0 Å². The predicted octanol–water partition coefficient (Wildman–Crippen LogP) is 2.66. The lowest BCUT2D eigenvalue weighted by atomic mass is 9.88. The fourth-order valence-corrected chi connectivity index (χ4v) is 3.22. The molecule has 1 unspecified atom stereocenters. The van der Waals surface area contributed by atoms with Gasteiger partial charge in [-0.15, -0.1) is 0 Å². The van der Waals surface area contributed by atoms with Gasteiger partial charge in [-0.25, -0.2) is 4.98 Å². The summed E-state index contributed by atoms with van der Waals surface area (Å²) in [4.78, 5) is 9.79. The maximum absolute atomic E-state index is 4.69. The van der Waals surface area contributed by atoms with Crippen molar-refractivity contribution in [2.75, 3.05) is 31.1 Å². The summed E-state index contributed by atoms with van der Waals surface area (Å²) in [5, 5.41) is 0. The third-order valence-corrected chi connectivity index (χ3v) is 4.53. The van der Waals surface area contributed by atoms with Gasteiger partial charge in [-0.05, 0) is 36.4 Å². The zero-order valence-corrected chi connectivity index (χ0v) is 12.4. The minimum Gasteiger partial charge on any atom is -0.354 e. The molecular weight excluding hydrogens is 234 g/mol. The molecule has 1 aromatic rings. The Hall–Kier alpha value is -1.09. The Morgan fingerprint density at radius 1 is 1.16 bits per heavy atom. The first-order valence-corrected chi connectivity index (χ1v) is 7.49. The molecule has 3 nitrogen and oxygen atoms in total. The van der Waals surface area contributed by atoms with E-state index < -0.39 is 0 Å². The van der Waals surface area contributed by atoms with Crippen LogP contribution in [0, 0.1) is 0 Å². The molecule has 3 heterocycles. The van der Waals surface area contributed by atoms with Crippen LogP contribution in [0.15, 0.2) is 18.3 Å². The van der Waals surface area contributed by atoms with Gasteiger partial charge in [-0.2, -0.15) is 0 Å². The van der Waals surface area contributed by atoms with Crippen LogP contribution >= 0.6 is 0 Å². The van der Waals surface area contributed by atoms with Gasteiger partial charge in [0.15, 0.2) is 0 Å². The van der Waals surface area contributed by atoms with Crippen molar-refractivity contribution in [1.82, 2.24) is 9.88 Å². The quantitative estimate of drug-likeness (QED) is 0.773. The molecule has 2 aliphatic heterocycles. The van der Waals surface area contributed by atoms with E-state index >= 15 is 0 Å². The number of hydrogen-bond donors (Lipinski definition) is 0. The van der Waals surface area contributed by atoms with Crippen LogP contribution in [0.2, 0.25) is 0 Å². The van der Waals surface area contributed by atoms with E-state index in [0.29, 0.717) is 0 Å². The van der Waals surface area contributed by atoms with Crippen LogP contribution < -0.4 is 4.90 Å². The van der Waals surface area contributed by atoms with E-state index in [1.807, 2.05) is 0 Å². The van der Waals surface area contributed by atoms with E-state index in [2.05, 4.69) is 48.9 Å². The van der Waals surface area contributed by atoms with E-state index in [9.17, 15) is 0 Å². The van der Waals surface area contributed by atoms with Crippen LogP contribution in [-0.4, -0.2) is 42.1 Å². The second-order valence-electron chi connectivity index (χ2n) is 6.93. The molecule has 0 aliphatic carbocycles. The van der Waals surface area contributed by atoms with Gasteiger partial charge in [0.25, 0.3) is 0 Å². The molecule has 2 fully saturated rings. The topological polar surface area (TPSA) is 19.4 Å². The fourth-order valence-electron chi connectivity index (χ4n) is 3.22. The maximum Gasteiger partial charge on any atom is 0.128 e. The monoisotopic (exact) mass is 259 g/mol. The largest absolute Gasteiger partial charge is 0.354 e. The fraction of sp³-hybridized carbons (Fsp3) is 0.688. The first-order valence-electron chi connectivity index (χ1n) is 7.49. The summed E-state index contributed by atoms with van der Waals surface area (Å²) in [6.07, 6.45) is 4.78. The minimum atomic E-state index is 0.190. The number of pyridine rings is 1. The standard InChI is InChI=1S/C16H25N3/c1-16(2,3)13-6-7-15(17-11-13)19-10-9-18-8-4-5-14(18)12-19/h6-7,11,14H,4-5,8-10,12H2,1-3H3. The lowest BCUT2D eigenvalue weighted by Crippen LogP contribution is -2.50. The smallest absolute Gasteiger partial charge is 0.128 e. The molecule has 3 heteroatoms. The van der Waals surface area contributed by atoms with Crippen LogP contribution in [0.25, 0.3) is 0 Å². The van der Waals surface area contributed by atoms with Crippen LogP contribution in [-0.2, 0) is 5.41 Å².